The minimum Gasteiger partial charge on any atom is -0.444 e. The van der Waals surface area contributed by atoms with Gasteiger partial charge in [-0.2, -0.15) is 5.10 Å². The third-order valence-electron chi connectivity index (χ3n) is 4.72. The molecule has 28 heavy (non-hydrogen) atoms. The molecule has 0 N–H and O–H groups in total. The first-order chi connectivity index (χ1) is 12.7. The Hall–Kier alpha value is -1.78. The molecule has 7 nitrogen and oxygen atoms in total. The molecule has 1 aliphatic rings. The number of hydrogen-bond donors (Lipinski definition) is 0. The van der Waals surface area contributed by atoms with E-state index in [2.05, 4.69) is 5.10 Å². The van der Waals surface area contributed by atoms with Crippen LogP contribution in [0.15, 0.2) is 11.1 Å². The van der Waals surface area contributed by atoms with E-state index in [0.717, 1.165) is 17.8 Å². The highest BCUT2D eigenvalue weighted by atomic mass is 32.2. The summed E-state index contributed by atoms with van der Waals surface area (Å²) in [5.74, 6) is -0.957. The Labute approximate surface area is 162 Å². The van der Waals surface area contributed by atoms with Crippen molar-refractivity contribution in [3.05, 3.63) is 11.9 Å². The van der Waals surface area contributed by atoms with Crippen LogP contribution in [0.3, 0.4) is 0 Å². The van der Waals surface area contributed by atoms with E-state index in [0.29, 0.717) is 0 Å². The fourth-order valence-corrected chi connectivity index (χ4v) is 4.98. The van der Waals surface area contributed by atoms with Crippen LogP contribution in [0.4, 0.5) is 18.0 Å². The summed E-state index contributed by atoms with van der Waals surface area (Å²) in [6.45, 7) is 6.27. The predicted molar refractivity (Wildman–Crippen MR) is 95.4 cm³/mol. The molecule has 160 valence electrons. The molecule has 1 unspecified atom stereocenters. The Morgan fingerprint density at radius 3 is 2.25 bits per heavy atom. The molecule has 0 saturated carbocycles. The first kappa shape index (κ1) is 22.5. The van der Waals surface area contributed by atoms with Gasteiger partial charge < -0.3 is 9.64 Å². The SMILES string of the molecule is Cn1cc(S(=O)(=O)C(C)(F)C2CCN(C(=O)OC(C)(C)C)CC2)c(C(F)F)n1. The van der Waals surface area contributed by atoms with Gasteiger partial charge in [0.1, 0.15) is 16.2 Å². The van der Waals surface area contributed by atoms with Crippen molar-refractivity contribution in [2.75, 3.05) is 13.1 Å². The molecule has 11 heteroatoms. The largest absolute Gasteiger partial charge is 0.444 e. The highest BCUT2D eigenvalue weighted by Gasteiger charge is 2.50. The molecule has 1 atom stereocenters. The molecule has 1 aromatic heterocycles. The molecule has 0 spiro atoms. The number of aryl methyl sites for hydroxylation is 1. The predicted octanol–water partition coefficient (Wildman–Crippen LogP) is 3.46. The van der Waals surface area contributed by atoms with Crippen molar-refractivity contribution in [3.8, 4) is 0 Å². The van der Waals surface area contributed by atoms with Crippen molar-refractivity contribution in [3.63, 3.8) is 0 Å². The molecule has 0 aliphatic carbocycles. The van der Waals surface area contributed by atoms with Gasteiger partial charge in [0, 0.05) is 32.3 Å². The Kier molecular flexibility index (Phi) is 6.08. The van der Waals surface area contributed by atoms with Crippen LogP contribution < -0.4 is 0 Å². The number of ether oxygens (including phenoxy) is 1. The molecule has 0 radical (unpaired) electrons. The van der Waals surface area contributed by atoms with E-state index in [-0.39, 0.29) is 25.9 Å². The molecule has 1 fully saturated rings. The maximum absolute atomic E-state index is 15.5. The van der Waals surface area contributed by atoms with E-state index in [1.54, 1.807) is 20.8 Å². The third-order valence-corrected chi connectivity index (χ3v) is 7.00. The normalized spacial score (nSPS) is 19.0. The number of nitrogens with zero attached hydrogens (tertiary/aromatic N) is 3. The summed E-state index contributed by atoms with van der Waals surface area (Å²) in [6.07, 6.45) is -2.67. The second kappa shape index (κ2) is 7.57. The van der Waals surface area contributed by atoms with Crippen molar-refractivity contribution in [1.29, 1.82) is 0 Å². The Bertz CT molecular complexity index is 823. The molecule has 1 saturated heterocycles. The first-order valence-electron chi connectivity index (χ1n) is 8.90. The number of piperidine rings is 1. The number of sulfone groups is 1. The number of halogens is 3. The van der Waals surface area contributed by atoms with E-state index < -0.39 is 49.5 Å². The summed E-state index contributed by atoms with van der Waals surface area (Å²) in [4.78, 5) is 12.7. The van der Waals surface area contributed by atoms with E-state index >= 15 is 4.39 Å². The smallest absolute Gasteiger partial charge is 0.410 e. The van der Waals surface area contributed by atoms with Crippen LogP contribution in [0.5, 0.6) is 0 Å². The lowest BCUT2D eigenvalue weighted by atomic mass is 9.92. The highest BCUT2D eigenvalue weighted by Crippen LogP contribution is 2.41. The van der Waals surface area contributed by atoms with E-state index in [9.17, 15) is 22.0 Å². The molecular weight excluding hydrogens is 399 g/mol. The average molecular weight is 425 g/mol. The van der Waals surface area contributed by atoms with Crippen LogP contribution in [0, 0.1) is 5.92 Å². The van der Waals surface area contributed by atoms with Crippen molar-refractivity contribution in [2.45, 2.75) is 62.5 Å². The number of carbonyl (C=O) groups is 1. The second-order valence-corrected chi connectivity index (χ2v) is 10.3. The number of alkyl halides is 3. The van der Waals surface area contributed by atoms with Gasteiger partial charge >= 0.3 is 6.09 Å². The van der Waals surface area contributed by atoms with Crippen LogP contribution >= 0.6 is 0 Å². The van der Waals surface area contributed by atoms with Crippen molar-refractivity contribution in [2.24, 2.45) is 13.0 Å². The lowest BCUT2D eigenvalue weighted by Crippen LogP contribution is -2.48. The third kappa shape index (κ3) is 4.44. The second-order valence-electron chi connectivity index (χ2n) is 8.08. The fraction of sp³-hybridized carbons (Fsp3) is 0.765. The molecule has 0 aromatic carbocycles. The van der Waals surface area contributed by atoms with Gasteiger partial charge in [-0.25, -0.2) is 26.4 Å². The monoisotopic (exact) mass is 425 g/mol. The first-order valence-corrected chi connectivity index (χ1v) is 10.4. The minimum atomic E-state index is -4.72. The molecular formula is C17H26F3N3O4S. The average Bonchev–Trinajstić information content (AvgIpc) is 2.96. The number of amides is 1. The zero-order chi connectivity index (χ0) is 21.5. The van der Waals surface area contributed by atoms with Gasteiger partial charge in [0.15, 0.2) is 0 Å². The fourth-order valence-electron chi connectivity index (χ4n) is 3.18. The minimum absolute atomic E-state index is 0.0652. The molecule has 0 bridgehead atoms. The molecule has 2 heterocycles. The van der Waals surface area contributed by atoms with Crippen molar-refractivity contribution < 1.29 is 31.1 Å². The Morgan fingerprint density at radius 1 is 1.25 bits per heavy atom. The number of aromatic nitrogens is 2. The van der Waals surface area contributed by atoms with Gasteiger partial charge in [0.05, 0.1) is 0 Å². The number of hydrogen-bond acceptors (Lipinski definition) is 5. The summed E-state index contributed by atoms with van der Waals surface area (Å²) >= 11 is 0. The lowest BCUT2D eigenvalue weighted by molar-refractivity contribution is 0.0130. The van der Waals surface area contributed by atoms with E-state index in [1.165, 1.54) is 11.9 Å². The number of carbonyl (C=O) groups excluding carboxylic acids is 1. The summed E-state index contributed by atoms with van der Waals surface area (Å²) in [7, 11) is -3.43. The Balaban J connectivity index is 2.19. The summed E-state index contributed by atoms with van der Waals surface area (Å²) in [5.41, 5.74) is -1.64. The van der Waals surface area contributed by atoms with Crippen LogP contribution in [0.1, 0.15) is 52.7 Å². The van der Waals surface area contributed by atoms with Gasteiger partial charge in [0.2, 0.25) is 14.8 Å². The van der Waals surface area contributed by atoms with Crippen LogP contribution in [0.2, 0.25) is 0 Å². The van der Waals surface area contributed by atoms with Gasteiger partial charge in [0.25, 0.3) is 6.43 Å². The molecule has 1 amide bonds. The van der Waals surface area contributed by atoms with Crippen molar-refractivity contribution in [1.82, 2.24) is 14.7 Å². The van der Waals surface area contributed by atoms with Gasteiger partial charge in [-0.1, -0.05) is 0 Å². The summed E-state index contributed by atoms with van der Waals surface area (Å²) < 4.78 is 73.6. The quantitative estimate of drug-likeness (QED) is 0.738. The topological polar surface area (TPSA) is 81.5 Å². The highest BCUT2D eigenvalue weighted by molar-refractivity contribution is 7.92. The zero-order valence-electron chi connectivity index (χ0n) is 16.6. The molecule has 1 aromatic rings. The maximum atomic E-state index is 15.5. The maximum Gasteiger partial charge on any atom is 0.410 e. The molecule has 1 aliphatic heterocycles. The standard InChI is InChI=1S/C17H26F3N3O4S/c1-16(2,3)27-15(24)23-8-6-11(7-9-23)17(4,20)28(25,26)12-10-22(5)21-13(12)14(18)19/h10-11,14H,6-9H2,1-5H3. The number of likely N-dealkylation sites (tertiary alicyclic amines) is 1. The molecule has 2 rings (SSSR count). The number of rotatable bonds is 4. The lowest BCUT2D eigenvalue weighted by Gasteiger charge is -2.37. The van der Waals surface area contributed by atoms with Crippen LogP contribution in [-0.2, 0) is 21.6 Å². The summed E-state index contributed by atoms with van der Waals surface area (Å²) in [5, 5.41) is 0.678. The van der Waals surface area contributed by atoms with Gasteiger partial charge in [-0.05, 0) is 40.5 Å². The Morgan fingerprint density at radius 2 is 1.79 bits per heavy atom. The van der Waals surface area contributed by atoms with Crippen molar-refractivity contribution >= 4 is 15.9 Å². The van der Waals surface area contributed by atoms with Gasteiger partial charge in [-0.3, -0.25) is 4.68 Å². The summed E-state index contributed by atoms with van der Waals surface area (Å²) in [6, 6.07) is 0. The zero-order valence-corrected chi connectivity index (χ0v) is 17.4. The van der Waals surface area contributed by atoms with E-state index in [1.807, 2.05) is 0 Å². The van der Waals surface area contributed by atoms with E-state index in [4.69, 9.17) is 4.74 Å². The van der Waals surface area contributed by atoms with Gasteiger partial charge in [-0.15, -0.1) is 0 Å². The van der Waals surface area contributed by atoms with Crippen LogP contribution in [-0.4, -0.2) is 52.9 Å². The van der Waals surface area contributed by atoms with Crippen LogP contribution in [0.25, 0.3) is 0 Å².